The number of halogens is 1. The van der Waals surface area contributed by atoms with E-state index in [0.717, 1.165) is 15.6 Å². The fraction of sp³-hybridized carbons (Fsp3) is 0.133. The van der Waals surface area contributed by atoms with Gasteiger partial charge in [0.25, 0.3) is 0 Å². The molecule has 0 aliphatic heterocycles. The van der Waals surface area contributed by atoms with Gasteiger partial charge in [-0.1, -0.05) is 50.9 Å². The van der Waals surface area contributed by atoms with Gasteiger partial charge in [0.15, 0.2) is 5.84 Å². The summed E-state index contributed by atoms with van der Waals surface area (Å²) in [5.41, 5.74) is 8.30. The Kier molecular flexibility index (Phi) is 4.63. The highest BCUT2D eigenvalue weighted by Gasteiger charge is 2.09. The van der Waals surface area contributed by atoms with Crippen molar-refractivity contribution in [3.8, 4) is 5.75 Å². The Balaban J connectivity index is 2.24. The van der Waals surface area contributed by atoms with Crippen LogP contribution in [0.2, 0.25) is 0 Å². The van der Waals surface area contributed by atoms with Crippen molar-refractivity contribution in [1.29, 1.82) is 0 Å². The van der Waals surface area contributed by atoms with Gasteiger partial charge in [-0.05, 0) is 25.1 Å². The van der Waals surface area contributed by atoms with E-state index in [2.05, 4.69) is 21.1 Å². The molecule has 0 radical (unpaired) electrons. The normalized spacial score (nSPS) is 11.4. The van der Waals surface area contributed by atoms with E-state index in [1.54, 1.807) is 0 Å². The van der Waals surface area contributed by atoms with E-state index in [9.17, 15) is 0 Å². The minimum Gasteiger partial charge on any atom is -0.488 e. The Morgan fingerprint density at radius 2 is 2.05 bits per heavy atom. The molecule has 0 bridgehead atoms. The molecule has 20 heavy (non-hydrogen) atoms. The molecule has 0 saturated heterocycles. The Morgan fingerprint density at radius 3 is 2.75 bits per heavy atom. The maximum Gasteiger partial charge on any atom is 0.173 e. The quantitative estimate of drug-likeness (QED) is 0.389. The van der Waals surface area contributed by atoms with Gasteiger partial charge < -0.3 is 15.7 Å². The number of rotatable bonds is 4. The molecule has 2 aromatic rings. The van der Waals surface area contributed by atoms with Crippen molar-refractivity contribution in [3.05, 3.63) is 63.6 Å². The third-order valence-electron chi connectivity index (χ3n) is 2.86. The van der Waals surface area contributed by atoms with Gasteiger partial charge in [0, 0.05) is 10.0 Å². The summed E-state index contributed by atoms with van der Waals surface area (Å²) in [6, 6.07) is 13.4. The van der Waals surface area contributed by atoms with Crippen molar-refractivity contribution in [1.82, 2.24) is 0 Å². The molecule has 0 amide bonds. The Morgan fingerprint density at radius 1 is 1.30 bits per heavy atom. The summed E-state index contributed by atoms with van der Waals surface area (Å²) >= 11 is 3.47. The smallest absolute Gasteiger partial charge is 0.173 e. The molecule has 0 atom stereocenters. The predicted octanol–water partition coefficient (Wildman–Crippen LogP) is 3.43. The van der Waals surface area contributed by atoms with Crippen molar-refractivity contribution in [2.45, 2.75) is 13.5 Å². The molecule has 0 aromatic heterocycles. The van der Waals surface area contributed by atoms with Gasteiger partial charge in [-0.15, -0.1) is 0 Å². The molecular weight excluding hydrogens is 320 g/mol. The molecule has 3 N–H and O–H groups in total. The first kappa shape index (κ1) is 14.4. The number of benzene rings is 2. The van der Waals surface area contributed by atoms with Crippen LogP contribution in [-0.2, 0) is 6.61 Å². The summed E-state index contributed by atoms with van der Waals surface area (Å²) in [7, 11) is 0. The van der Waals surface area contributed by atoms with Crippen molar-refractivity contribution >= 4 is 21.8 Å². The monoisotopic (exact) mass is 334 g/mol. The van der Waals surface area contributed by atoms with Crippen LogP contribution in [0, 0.1) is 6.92 Å². The fourth-order valence-electron chi connectivity index (χ4n) is 1.79. The summed E-state index contributed by atoms with van der Waals surface area (Å²) in [4.78, 5) is 0. The van der Waals surface area contributed by atoms with Crippen LogP contribution in [0.15, 0.2) is 52.1 Å². The third-order valence-corrected chi connectivity index (χ3v) is 3.63. The zero-order chi connectivity index (χ0) is 14.5. The van der Waals surface area contributed by atoms with Gasteiger partial charge in [0.2, 0.25) is 0 Å². The van der Waals surface area contributed by atoms with E-state index in [-0.39, 0.29) is 5.84 Å². The highest BCUT2D eigenvalue weighted by atomic mass is 79.9. The molecule has 0 heterocycles. The van der Waals surface area contributed by atoms with Crippen molar-refractivity contribution in [2.75, 3.05) is 0 Å². The van der Waals surface area contributed by atoms with Crippen LogP contribution >= 0.6 is 15.9 Å². The molecule has 0 spiro atoms. The van der Waals surface area contributed by atoms with Crippen LogP contribution in [0.3, 0.4) is 0 Å². The summed E-state index contributed by atoms with van der Waals surface area (Å²) in [6.45, 7) is 2.34. The molecule has 0 unspecified atom stereocenters. The molecule has 0 aliphatic carbocycles. The number of oxime groups is 1. The predicted molar refractivity (Wildman–Crippen MR) is 82.2 cm³/mol. The number of aryl methyl sites for hydroxylation is 1. The number of nitrogens with two attached hydrogens (primary N) is 1. The van der Waals surface area contributed by atoms with Crippen LogP contribution in [0.5, 0.6) is 5.75 Å². The van der Waals surface area contributed by atoms with E-state index in [1.165, 1.54) is 0 Å². The first-order chi connectivity index (χ1) is 9.61. The number of ether oxygens (including phenoxy) is 1. The summed E-state index contributed by atoms with van der Waals surface area (Å²) in [5.74, 6) is 0.623. The minimum absolute atomic E-state index is 0.0378. The van der Waals surface area contributed by atoms with Gasteiger partial charge in [-0.3, -0.25) is 0 Å². The Hall–Kier alpha value is -2.01. The maximum absolute atomic E-state index is 8.83. The highest BCUT2D eigenvalue weighted by Crippen LogP contribution is 2.23. The zero-order valence-corrected chi connectivity index (χ0v) is 12.6. The van der Waals surface area contributed by atoms with Crippen molar-refractivity contribution < 1.29 is 9.94 Å². The molecule has 0 saturated carbocycles. The van der Waals surface area contributed by atoms with Crippen LogP contribution in [0.4, 0.5) is 0 Å². The minimum atomic E-state index is 0.0378. The lowest BCUT2D eigenvalue weighted by atomic mass is 10.1. The van der Waals surface area contributed by atoms with Crippen LogP contribution in [0.25, 0.3) is 0 Å². The standard InChI is InChI=1S/C15H15BrN2O2/c1-10-6-7-14(12(8-10)15(17)18-19)20-9-11-4-2-3-5-13(11)16/h2-8,19H,9H2,1H3,(H2,17,18). The number of amidine groups is 1. The van der Waals surface area contributed by atoms with Crippen molar-refractivity contribution in [2.24, 2.45) is 10.9 Å². The first-order valence-corrected chi connectivity index (χ1v) is 6.86. The van der Waals surface area contributed by atoms with Crippen LogP contribution in [-0.4, -0.2) is 11.0 Å². The highest BCUT2D eigenvalue weighted by molar-refractivity contribution is 9.10. The Bertz CT molecular complexity index is 642. The zero-order valence-electron chi connectivity index (χ0n) is 11.0. The average Bonchev–Trinajstić information content (AvgIpc) is 2.46. The van der Waals surface area contributed by atoms with Crippen molar-refractivity contribution in [3.63, 3.8) is 0 Å². The largest absolute Gasteiger partial charge is 0.488 e. The number of nitrogens with zero attached hydrogens (tertiary/aromatic N) is 1. The maximum atomic E-state index is 8.83. The lowest BCUT2D eigenvalue weighted by Crippen LogP contribution is -2.15. The van der Waals surface area contributed by atoms with E-state index in [4.69, 9.17) is 15.7 Å². The van der Waals surface area contributed by atoms with Gasteiger partial charge >= 0.3 is 0 Å². The molecule has 2 rings (SSSR count). The van der Waals surface area contributed by atoms with Crippen LogP contribution in [0.1, 0.15) is 16.7 Å². The molecule has 104 valence electrons. The number of hydrogen-bond acceptors (Lipinski definition) is 3. The molecule has 2 aromatic carbocycles. The third kappa shape index (κ3) is 3.30. The Labute approximate surface area is 126 Å². The molecule has 5 heteroatoms. The molecular formula is C15H15BrN2O2. The molecule has 0 fully saturated rings. The molecule has 4 nitrogen and oxygen atoms in total. The molecule has 0 aliphatic rings. The summed E-state index contributed by atoms with van der Waals surface area (Å²) < 4.78 is 6.76. The van der Waals surface area contributed by atoms with E-state index < -0.39 is 0 Å². The summed E-state index contributed by atoms with van der Waals surface area (Å²) in [5, 5.41) is 11.9. The summed E-state index contributed by atoms with van der Waals surface area (Å²) in [6.07, 6.45) is 0. The second-order valence-electron chi connectivity index (χ2n) is 4.36. The van der Waals surface area contributed by atoms with Gasteiger partial charge in [0.1, 0.15) is 12.4 Å². The van der Waals surface area contributed by atoms with E-state index in [1.807, 2.05) is 49.4 Å². The fourth-order valence-corrected chi connectivity index (χ4v) is 2.19. The topological polar surface area (TPSA) is 67.8 Å². The number of hydrogen-bond donors (Lipinski definition) is 2. The van der Waals surface area contributed by atoms with Crippen LogP contribution < -0.4 is 10.5 Å². The first-order valence-electron chi connectivity index (χ1n) is 6.06. The van der Waals surface area contributed by atoms with Gasteiger partial charge in [-0.2, -0.15) is 0 Å². The lowest BCUT2D eigenvalue weighted by molar-refractivity contribution is 0.302. The van der Waals surface area contributed by atoms with E-state index in [0.29, 0.717) is 17.9 Å². The van der Waals surface area contributed by atoms with Gasteiger partial charge in [-0.25, -0.2) is 0 Å². The lowest BCUT2D eigenvalue weighted by Gasteiger charge is -2.12. The average molecular weight is 335 g/mol. The SMILES string of the molecule is Cc1ccc(OCc2ccccc2Br)c(/C(N)=N/O)c1. The second kappa shape index (κ2) is 6.43. The second-order valence-corrected chi connectivity index (χ2v) is 5.22. The van der Waals surface area contributed by atoms with Gasteiger partial charge in [0.05, 0.1) is 5.56 Å². The van der Waals surface area contributed by atoms with E-state index >= 15 is 0 Å².